The Balaban J connectivity index is 2.57. The molecule has 1 rings (SSSR count). The lowest BCUT2D eigenvalue weighted by molar-refractivity contribution is -0.131. The summed E-state index contributed by atoms with van der Waals surface area (Å²) in [4.78, 5) is 23.1. The van der Waals surface area contributed by atoms with Crippen LogP contribution in [0.4, 0.5) is 0 Å². The molecule has 3 N–H and O–H groups in total. The van der Waals surface area contributed by atoms with Crippen molar-refractivity contribution in [2.24, 2.45) is 11.1 Å². The minimum absolute atomic E-state index is 0.330. The van der Waals surface area contributed by atoms with Gasteiger partial charge in [0.2, 0.25) is 5.91 Å². The van der Waals surface area contributed by atoms with Crippen LogP contribution in [0.25, 0.3) is 0 Å². The van der Waals surface area contributed by atoms with E-state index in [-0.39, 0.29) is 5.91 Å². The lowest BCUT2D eigenvalue weighted by atomic mass is 9.89. The van der Waals surface area contributed by atoms with E-state index in [0.717, 1.165) is 6.08 Å². The number of rotatable bonds is 3. The van der Waals surface area contributed by atoms with Crippen LogP contribution < -0.4 is 5.73 Å². The van der Waals surface area contributed by atoms with E-state index in [0.29, 0.717) is 19.5 Å². The molecule has 1 aliphatic heterocycles. The summed E-state index contributed by atoms with van der Waals surface area (Å²) in [5.41, 5.74) is 4.72. The Hall–Kier alpha value is -1.52. The smallest absolute Gasteiger partial charge is 0.329 e. The molecule has 1 atom stereocenters. The van der Waals surface area contributed by atoms with E-state index in [4.69, 9.17) is 10.8 Å². The first-order chi connectivity index (χ1) is 6.44. The van der Waals surface area contributed by atoms with Gasteiger partial charge in [0.1, 0.15) is 0 Å². The Bertz CT molecular complexity index is 288. The molecule has 1 aliphatic rings. The van der Waals surface area contributed by atoms with Gasteiger partial charge in [-0.15, -0.1) is 0 Å². The summed E-state index contributed by atoms with van der Waals surface area (Å²) in [7, 11) is 0. The summed E-state index contributed by atoms with van der Waals surface area (Å²) in [5, 5.41) is 8.41. The third-order valence-electron chi connectivity index (χ3n) is 2.53. The maximum atomic E-state index is 11.1. The molecular formula is C9H14N2O3. The second-order valence-electron chi connectivity index (χ2n) is 3.80. The van der Waals surface area contributed by atoms with Crippen molar-refractivity contribution in [1.29, 1.82) is 0 Å². The van der Waals surface area contributed by atoms with Crippen LogP contribution in [0.1, 0.15) is 13.3 Å². The molecule has 1 heterocycles. The fraction of sp³-hybridized carbons (Fsp3) is 0.556. The first kappa shape index (κ1) is 10.6. The predicted octanol–water partition coefficient (Wildman–Crippen LogP) is -0.218. The molecule has 1 saturated heterocycles. The standard InChI is InChI=1S/C9H14N2O3/c1-9(8(10)14)3-5-11(6-9)4-2-7(12)13/h2,4H,3,5-6H2,1H3,(H2,10,14)(H,12,13)/b4-2+. The topological polar surface area (TPSA) is 83.6 Å². The number of amides is 1. The van der Waals surface area contributed by atoms with Gasteiger partial charge in [0.25, 0.3) is 0 Å². The van der Waals surface area contributed by atoms with Crippen LogP contribution in [0.2, 0.25) is 0 Å². The number of carbonyl (C=O) groups excluding carboxylic acids is 1. The molecule has 14 heavy (non-hydrogen) atoms. The average Bonchev–Trinajstić information content (AvgIpc) is 2.45. The molecule has 1 unspecified atom stereocenters. The molecule has 0 spiro atoms. The van der Waals surface area contributed by atoms with Gasteiger partial charge < -0.3 is 15.7 Å². The Morgan fingerprint density at radius 2 is 2.21 bits per heavy atom. The van der Waals surface area contributed by atoms with Crippen LogP contribution in [0.3, 0.4) is 0 Å². The zero-order chi connectivity index (χ0) is 10.8. The highest BCUT2D eigenvalue weighted by molar-refractivity contribution is 5.81. The maximum absolute atomic E-state index is 11.1. The van der Waals surface area contributed by atoms with Crippen molar-refractivity contribution in [3.63, 3.8) is 0 Å². The molecule has 0 saturated carbocycles. The van der Waals surface area contributed by atoms with Crippen molar-refractivity contribution in [3.8, 4) is 0 Å². The molecular weight excluding hydrogens is 184 g/mol. The van der Waals surface area contributed by atoms with Crippen LogP contribution in [0.5, 0.6) is 0 Å². The third kappa shape index (κ3) is 2.25. The zero-order valence-electron chi connectivity index (χ0n) is 8.06. The molecule has 5 nitrogen and oxygen atoms in total. The number of nitrogens with two attached hydrogens (primary N) is 1. The molecule has 0 radical (unpaired) electrons. The summed E-state index contributed by atoms with van der Waals surface area (Å²) in [6.45, 7) is 2.96. The molecule has 1 amide bonds. The highest BCUT2D eigenvalue weighted by Gasteiger charge is 2.37. The van der Waals surface area contributed by atoms with E-state index in [2.05, 4.69) is 0 Å². The highest BCUT2D eigenvalue weighted by atomic mass is 16.4. The number of carboxylic acids is 1. The second kappa shape index (κ2) is 3.69. The largest absolute Gasteiger partial charge is 0.478 e. The van der Waals surface area contributed by atoms with E-state index in [1.54, 1.807) is 11.8 Å². The molecule has 78 valence electrons. The van der Waals surface area contributed by atoms with Gasteiger partial charge in [0, 0.05) is 25.4 Å². The lowest BCUT2D eigenvalue weighted by Gasteiger charge is -2.19. The predicted molar refractivity (Wildman–Crippen MR) is 50.3 cm³/mol. The van der Waals surface area contributed by atoms with Gasteiger partial charge in [-0.1, -0.05) is 0 Å². The highest BCUT2D eigenvalue weighted by Crippen LogP contribution is 2.29. The van der Waals surface area contributed by atoms with E-state index in [9.17, 15) is 9.59 Å². The fourth-order valence-corrected chi connectivity index (χ4v) is 1.49. The van der Waals surface area contributed by atoms with E-state index < -0.39 is 11.4 Å². The van der Waals surface area contributed by atoms with Gasteiger partial charge >= 0.3 is 5.97 Å². The second-order valence-corrected chi connectivity index (χ2v) is 3.80. The quantitative estimate of drug-likeness (QED) is 0.614. The van der Waals surface area contributed by atoms with Gasteiger partial charge in [0.05, 0.1) is 5.41 Å². The lowest BCUT2D eigenvalue weighted by Crippen LogP contribution is -2.36. The van der Waals surface area contributed by atoms with Crippen molar-refractivity contribution in [1.82, 2.24) is 4.90 Å². The van der Waals surface area contributed by atoms with Gasteiger partial charge in [-0.3, -0.25) is 4.79 Å². The van der Waals surface area contributed by atoms with Gasteiger partial charge in [-0.05, 0) is 13.3 Å². The number of hydrogen-bond donors (Lipinski definition) is 2. The fourth-order valence-electron chi connectivity index (χ4n) is 1.49. The van der Waals surface area contributed by atoms with Crippen LogP contribution in [-0.2, 0) is 9.59 Å². The van der Waals surface area contributed by atoms with Crippen molar-refractivity contribution >= 4 is 11.9 Å². The number of nitrogens with zero attached hydrogens (tertiary/aromatic N) is 1. The van der Waals surface area contributed by atoms with Crippen LogP contribution >= 0.6 is 0 Å². The number of hydrogen-bond acceptors (Lipinski definition) is 3. The SMILES string of the molecule is CC1(C(N)=O)CCN(/C=C/C(=O)O)C1. The third-order valence-corrected chi connectivity index (χ3v) is 2.53. The molecule has 1 fully saturated rings. The van der Waals surface area contributed by atoms with Crippen LogP contribution in [-0.4, -0.2) is 35.0 Å². The van der Waals surface area contributed by atoms with Gasteiger partial charge in [-0.25, -0.2) is 4.79 Å². The average molecular weight is 198 g/mol. The number of carboxylic acid groups (broad SMARTS) is 1. The first-order valence-corrected chi connectivity index (χ1v) is 4.39. The van der Waals surface area contributed by atoms with Crippen molar-refractivity contribution in [3.05, 3.63) is 12.3 Å². The Morgan fingerprint density at radius 1 is 1.57 bits per heavy atom. The number of primary amides is 1. The summed E-state index contributed by atoms with van der Waals surface area (Å²) in [6.07, 6.45) is 3.22. The first-order valence-electron chi connectivity index (χ1n) is 4.39. The van der Waals surface area contributed by atoms with E-state index >= 15 is 0 Å². The summed E-state index contributed by atoms with van der Waals surface area (Å²) >= 11 is 0. The minimum atomic E-state index is -0.988. The minimum Gasteiger partial charge on any atom is -0.478 e. The summed E-state index contributed by atoms with van der Waals surface area (Å²) in [5.74, 6) is -1.32. The summed E-state index contributed by atoms with van der Waals surface area (Å²) < 4.78 is 0. The van der Waals surface area contributed by atoms with Gasteiger partial charge in [0.15, 0.2) is 0 Å². The van der Waals surface area contributed by atoms with Crippen molar-refractivity contribution in [2.45, 2.75) is 13.3 Å². The van der Waals surface area contributed by atoms with Crippen LogP contribution in [0, 0.1) is 5.41 Å². The molecule has 0 aliphatic carbocycles. The van der Waals surface area contributed by atoms with Crippen LogP contribution in [0.15, 0.2) is 12.3 Å². The van der Waals surface area contributed by atoms with E-state index in [1.165, 1.54) is 6.20 Å². The summed E-state index contributed by atoms with van der Waals surface area (Å²) in [6, 6.07) is 0. The van der Waals surface area contributed by atoms with Gasteiger partial charge in [-0.2, -0.15) is 0 Å². The Labute approximate surface area is 82.2 Å². The Morgan fingerprint density at radius 3 is 2.64 bits per heavy atom. The monoisotopic (exact) mass is 198 g/mol. The van der Waals surface area contributed by atoms with E-state index in [1.807, 2.05) is 0 Å². The molecule has 0 aromatic carbocycles. The molecule has 0 aromatic heterocycles. The Kier molecular flexibility index (Phi) is 2.78. The van der Waals surface area contributed by atoms with Crippen molar-refractivity contribution < 1.29 is 14.7 Å². The number of carbonyl (C=O) groups is 2. The molecule has 5 heteroatoms. The molecule has 0 bridgehead atoms. The molecule has 0 aromatic rings. The normalized spacial score (nSPS) is 27.1. The number of likely N-dealkylation sites (tertiary alicyclic amines) is 1. The zero-order valence-corrected chi connectivity index (χ0v) is 8.06. The maximum Gasteiger partial charge on any atom is 0.329 e. The van der Waals surface area contributed by atoms with Crippen molar-refractivity contribution in [2.75, 3.05) is 13.1 Å². The number of aliphatic carboxylic acids is 1.